The third kappa shape index (κ3) is 4.27. The maximum atomic E-state index is 9.05. The van der Waals surface area contributed by atoms with E-state index in [0.717, 1.165) is 22.7 Å². The van der Waals surface area contributed by atoms with Gasteiger partial charge in [-0.3, -0.25) is 0 Å². The van der Waals surface area contributed by atoms with Crippen molar-refractivity contribution >= 4 is 22.7 Å². The van der Waals surface area contributed by atoms with Crippen LogP contribution in [0.5, 0.6) is 5.75 Å². The molecule has 3 aromatic rings. The maximum Gasteiger partial charge on any atom is 0.144 e. The topological polar surface area (TPSA) is 53.5 Å². The molecule has 0 aliphatic carbocycles. The average Bonchev–Trinajstić information content (AvgIpc) is 2.63. The zero-order valence-electron chi connectivity index (χ0n) is 13.3. The van der Waals surface area contributed by atoms with Crippen molar-refractivity contribution < 1.29 is 9.84 Å². The van der Waals surface area contributed by atoms with Crippen molar-refractivity contribution in [3.05, 3.63) is 78.9 Å². The quantitative estimate of drug-likeness (QED) is 0.598. The summed E-state index contributed by atoms with van der Waals surface area (Å²) in [6, 6.07) is 25.7. The minimum atomic E-state index is -0.0267. The Labute approximate surface area is 141 Å². The molecule has 3 aromatic carbocycles. The van der Waals surface area contributed by atoms with Gasteiger partial charge in [-0.15, -0.1) is 0 Å². The van der Waals surface area contributed by atoms with E-state index < -0.39 is 0 Å². The molecular formula is C20H20N2O2. The van der Waals surface area contributed by atoms with Gasteiger partial charge in [0.1, 0.15) is 12.4 Å². The molecule has 0 heterocycles. The molecule has 0 atom stereocenters. The van der Waals surface area contributed by atoms with Gasteiger partial charge in [0.2, 0.25) is 0 Å². The SMILES string of the molecule is OCCOc1cc(Nc2ccccc2)ccc1Nc1ccccc1. The predicted octanol–water partition coefficient (Wildman–Crippen LogP) is 4.54. The zero-order chi connectivity index (χ0) is 16.6. The van der Waals surface area contributed by atoms with Crippen molar-refractivity contribution in [2.75, 3.05) is 23.8 Å². The Morgan fingerprint density at radius 2 is 1.33 bits per heavy atom. The fourth-order valence-corrected chi connectivity index (χ4v) is 2.34. The van der Waals surface area contributed by atoms with Gasteiger partial charge in [-0.25, -0.2) is 0 Å². The van der Waals surface area contributed by atoms with Crippen molar-refractivity contribution in [1.29, 1.82) is 0 Å². The highest BCUT2D eigenvalue weighted by Crippen LogP contribution is 2.32. The lowest BCUT2D eigenvalue weighted by atomic mass is 10.2. The van der Waals surface area contributed by atoms with Gasteiger partial charge in [0.05, 0.1) is 12.3 Å². The fraction of sp³-hybridized carbons (Fsp3) is 0.100. The molecule has 0 radical (unpaired) electrons. The van der Waals surface area contributed by atoms with Gasteiger partial charge in [-0.2, -0.15) is 0 Å². The van der Waals surface area contributed by atoms with E-state index in [-0.39, 0.29) is 13.2 Å². The third-order valence-electron chi connectivity index (χ3n) is 3.45. The van der Waals surface area contributed by atoms with Crippen molar-refractivity contribution in [3.8, 4) is 5.75 Å². The summed E-state index contributed by atoms with van der Waals surface area (Å²) in [5.74, 6) is 0.689. The van der Waals surface area contributed by atoms with E-state index in [4.69, 9.17) is 9.84 Å². The first-order valence-electron chi connectivity index (χ1n) is 7.87. The Kier molecular flexibility index (Phi) is 5.32. The fourth-order valence-electron chi connectivity index (χ4n) is 2.34. The molecule has 0 aliphatic heterocycles. The lowest BCUT2D eigenvalue weighted by Gasteiger charge is -2.15. The van der Waals surface area contributed by atoms with Crippen LogP contribution in [0.25, 0.3) is 0 Å². The molecule has 24 heavy (non-hydrogen) atoms. The first-order valence-corrected chi connectivity index (χ1v) is 7.87. The number of ether oxygens (including phenoxy) is 1. The Morgan fingerprint density at radius 3 is 1.96 bits per heavy atom. The van der Waals surface area contributed by atoms with Crippen LogP contribution in [0.3, 0.4) is 0 Å². The van der Waals surface area contributed by atoms with Crippen LogP contribution in [0.15, 0.2) is 78.9 Å². The van der Waals surface area contributed by atoms with Crippen molar-refractivity contribution in [2.24, 2.45) is 0 Å². The normalized spacial score (nSPS) is 10.2. The molecule has 0 aromatic heterocycles. The summed E-state index contributed by atoms with van der Waals surface area (Å²) in [4.78, 5) is 0. The molecule has 0 unspecified atom stereocenters. The molecule has 4 heteroatoms. The van der Waals surface area contributed by atoms with Gasteiger partial charge in [0, 0.05) is 23.1 Å². The number of benzene rings is 3. The van der Waals surface area contributed by atoms with E-state index >= 15 is 0 Å². The number of para-hydroxylation sites is 2. The van der Waals surface area contributed by atoms with Crippen LogP contribution >= 0.6 is 0 Å². The first kappa shape index (κ1) is 15.9. The molecule has 3 N–H and O–H groups in total. The van der Waals surface area contributed by atoms with Gasteiger partial charge >= 0.3 is 0 Å². The molecule has 0 saturated heterocycles. The van der Waals surface area contributed by atoms with Gasteiger partial charge in [-0.1, -0.05) is 36.4 Å². The summed E-state index contributed by atoms with van der Waals surface area (Å²) >= 11 is 0. The summed E-state index contributed by atoms with van der Waals surface area (Å²) in [6.45, 7) is 0.222. The summed E-state index contributed by atoms with van der Waals surface area (Å²) in [7, 11) is 0. The van der Waals surface area contributed by atoms with Gasteiger partial charge in [0.15, 0.2) is 0 Å². The average molecular weight is 320 g/mol. The van der Waals surface area contributed by atoms with Gasteiger partial charge in [0.25, 0.3) is 0 Å². The molecular weight excluding hydrogens is 300 g/mol. The minimum Gasteiger partial charge on any atom is -0.489 e. The molecule has 122 valence electrons. The van der Waals surface area contributed by atoms with E-state index in [2.05, 4.69) is 10.6 Å². The predicted molar refractivity (Wildman–Crippen MR) is 98.5 cm³/mol. The number of anilines is 4. The number of aliphatic hydroxyl groups excluding tert-OH is 1. The molecule has 3 rings (SSSR count). The summed E-state index contributed by atoms with van der Waals surface area (Å²) in [5, 5.41) is 15.7. The number of hydrogen-bond donors (Lipinski definition) is 3. The summed E-state index contributed by atoms with van der Waals surface area (Å²) in [6.07, 6.45) is 0. The molecule has 0 aliphatic rings. The second-order valence-electron chi connectivity index (χ2n) is 5.27. The van der Waals surface area contributed by atoms with Crippen molar-refractivity contribution in [3.63, 3.8) is 0 Å². The summed E-state index contributed by atoms with van der Waals surface area (Å²) < 4.78 is 5.68. The van der Waals surface area contributed by atoms with E-state index in [1.165, 1.54) is 0 Å². The number of rotatable bonds is 7. The van der Waals surface area contributed by atoms with Gasteiger partial charge in [-0.05, 0) is 36.4 Å². The van der Waals surface area contributed by atoms with Crippen molar-refractivity contribution in [1.82, 2.24) is 0 Å². The zero-order valence-corrected chi connectivity index (χ0v) is 13.3. The highest BCUT2D eigenvalue weighted by atomic mass is 16.5. The lowest BCUT2D eigenvalue weighted by Crippen LogP contribution is -2.04. The van der Waals surface area contributed by atoms with E-state index in [1.807, 2.05) is 78.9 Å². The number of nitrogens with one attached hydrogen (secondary N) is 2. The van der Waals surface area contributed by atoms with Crippen LogP contribution in [0.1, 0.15) is 0 Å². The molecule has 0 amide bonds. The highest BCUT2D eigenvalue weighted by molar-refractivity contribution is 5.72. The second kappa shape index (κ2) is 8.04. The molecule has 0 spiro atoms. The largest absolute Gasteiger partial charge is 0.489 e. The molecule has 0 saturated carbocycles. The Hall–Kier alpha value is -2.98. The minimum absolute atomic E-state index is 0.0267. The molecule has 0 bridgehead atoms. The van der Waals surface area contributed by atoms with Crippen LogP contribution in [0.2, 0.25) is 0 Å². The van der Waals surface area contributed by atoms with E-state index in [9.17, 15) is 0 Å². The number of hydrogen-bond acceptors (Lipinski definition) is 4. The van der Waals surface area contributed by atoms with Crippen LogP contribution in [-0.4, -0.2) is 18.3 Å². The number of aliphatic hydroxyl groups is 1. The Bertz CT molecular complexity index is 761. The van der Waals surface area contributed by atoms with E-state index in [0.29, 0.717) is 5.75 Å². The first-order chi connectivity index (χ1) is 11.8. The Balaban J connectivity index is 1.83. The van der Waals surface area contributed by atoms with Crippen LogP contribution in [0.4, 0.5) is 22.7 Å². The van der Waals surface area contributed by atoms with Crippen LogP contribution < -0.4 is 15.4 Å². The molecule has 4 nitrogen and oxygen atoms in total. The molecule has 0 fully saturated rings. The Morgan fingerprint density at radius 1 is 0.708 bits per heavy atom. The van der Waals surface area contributed by atoms with E-state index in [1.54, 1.807) is 0 Å². The van der Waals surface area contributed by atoms with Crippen molar-refractivity contribution in [2.45, 2.75) is 0 Å². The monoisotopic (exact) mass is 320 g/mol. The van der Waals surface area contributed by atoms with Gasteiger partial charge < -0.3 is 20.5 Å². The maximum absolute atomic E-state index is 9.05. The smallest absolute Gasteiger partial charge is 0.144 e. The lowest BCUT2D eigenvalue weighted by molar-refractivity contribution is 0.202. The standard InChI is InChI=1S/C20H20N2O2/c23-13-14-24-20-15-18(21-16-7-3-1-4-8-16)11-12-19(20)22-17-9-5-2-6-10-17/h1-12,15,21-23H,13-14H2. The second-order valence-corrected chi connectivity index (χ2v) is 5.27. The highest BCUT2D eigenvalue weighted by Gasteiger charge is 2.06. The third-order valence-corrected chi connectivity index (χ3v) is 3.45. The van der Waals surface area contributed by atoms with Crippen LogP contribution in [0, 0.1) is 0 Å². The van der Waals surface area contributed by atoms with Crippen LogP contribution in [-0.2, 0) is 0 Å². The summed E-state index contributed by atoms with van der Waals surface area (Å²) in [5.41, 5.74) is 3.77.